The molecule has 32 heavy (non-hydrogen) atoms. The number of hydrogen-bond acceptors (Lipinski definition) is 8. The SMILES string of the molecule is COC(=O)CC(=O)Nc1c[nH]c2c(C(=O)NCc3ccc4c(c3)CC(=O)CO4)ncnc12. The van der Waals surface area contributed by atoms with E-state index in [9.17, 15) is 19.2 Å². The molecule has 0 fully saturated rings. The number of fused-ring (bicyclic) bond motifs is 2. The van der Waals surface area contributed by atoms with Gasteiger partial charge >= 0.3 is 5.97 Å². The van der Waals surface area contributed by atoms with Gasteiger partial charge in [0.15, 0.2) is 11.5 Å². The molecule has 0 saturated heterocycles. The predicted octanol–water partition coefficient (Wildman–Crippen LogP) is 0.893. The highest BCUT2D eigenvalue weighted by molar-refractivity contribution is 6.09. The second-order valence-corrected chi connectivity index (χ2v) is 7.08. The van der Waals surface area contributed by atoms with Gasteiger partial charge in [-0.05, 0) is 17.7 Å². The normalized spacial score (nSPS) is 12.6. The van der Waals surface area contributed by atoms with Crippen LogP contribution in [0.5, 0.6) is 5.75 Å². The predicted molar refractivity (Wildman–Crippen MR) is 111 cm³/mol. The smallest absolute Gasteiger partial charge is 0.315 e. The molecule has 0 saturated carbocycles. The van der Waals surface area contributed by atoms with Crippen LogP contribution in [0.2, 0.25) is 0 Å². The van der Waals surface area contributed by atoms with Gasteiger partial charge < -0.3 is 25.1 Å². The summed E-state index contributed by atoms with van der Waals surface area (Å²) < 4.78 is 9.85. The van der Waals surface area contributed by atoms with Crippen LogP contribution in [0.3, 0.4) is 0 Å². The molecular formula is C21H19N5O6. The molecular weight excluding hydrogens is 418 g/mol. The number of hydrogen-bond donors (Lipinski definition) is 3. The van der Waals surface area contributed by atoms with E-state index in [0.717, 1.165) is 11.1 Å². The molecule has 3 N–H and O–H groups in total. The van der Waals surface area contributed by atoms with Gasteiger partial charge in [0.05, 0.1) is 18.3 Å². The van der Waals surface area contributed by atoms with Crippen molar-refractivity contribution >= 4 is 40.3 Å². The maximum atomic E-state index is 12.7. The summed E-state index contributed by atoms with van der Waals surface area (Å²) >= 11 is 0. The van der Waals surface area contributed by atoms with Crippen LogP contribution in [0.15, 0.2) is 30.7 Å². The summed E-state index contributed by atoms with van der Waals surface area (Å²) in [5, 5.41) is 5.34. The molecule has 0 atom stereocenters. The quantitative estimate of drug-likeness (QED) is 0.380. The van der Waals surface area contributed by atoms with Crippen molar-refractivity contribution < 1.29 is 28.7 Å². The highest BCUT2D eigenvalue weighted by atomic mass is 16.5. The van der Waals surface area contributed by atoms with Crippen molar-refractivity contribution in [1.29, 1.82) is 0 Å². The van der Waals surface area contributed by atoms with Crippen LogP contribution in [0, 0.1) is 0 Å². The van der Waals surface area contributed by atoms with E-state index in [2.05, 4.69) is 30.3 Å². The number of carbonyl (C=O) groups excluding carboxylic acids is 4. The highest BCUT2D eigenvalue weighted by Crippen LogP contribution is 2.25. The first-order valence-corrected chi connectivity index (χ1v) is 9.68. The minimum Gasteiger partial charge on any atom is -0.486 e. The summed E-state index contributed by atoms with van der Waals surface area (Å²) in [6.07, 6.45) is 2.53. The molecule has 3 heterocycles. The van der Waals surface area contributed by atoms with Gasteiger partial charge in [0.1, 0.15) is 30.6 Å². The van der Waals surface area contributed by atoms with Crippen molar-refractivity contribution in [3.63, 3.8) is 0 Å². The molecule has 2 amide bonds. The van der Waals surface area contributed by atoms with Crippen molar-refractivity contribution in [2.24, 2.45) is 0 Å². The molecule has 2 aromatic heterocycles. The lowest BCUT2D eigenvalue weighted by molar-refractivity contribution is -0.142. The number of ketones is 1. The fourth-order valence-electron chi connectivity index (χ4n) is 3.31. The first-order valence-electron chi connectivity index (χ1n) is 9.68. The molecule has 164 valence electrons. The molecule has 3 aromatic rings. The van der Waals surface area contributed by atoms with Crippen LogP contribution in [-0.2, 0) is 32.1 Å². The van der Waals surface area contributed by atoms with E-state index in [1.54, 1.807) is 6.07 Å². The lowest BCUT2D eigenvalue weighted by atomic mass is 10.0. The Morgan fingerprint density at radius 3 is 2.91 bits per heavy atom. The van der Waals surface area contributed by atoms with Crippen molar-refractivity contribution in [1.82, 2.24) is 20.3 Å². The first-order chi connectivity index (χ1) is 15.4. The van der Waals surface area contributed by atoms with Gasteiger partial charge in [-0.15, -0.1) is 0 Å². The van der Waals surface area contributed by atoms with E-state index in [0.29, 0.717) is 28.9 Å². The summed E-state index contributed by atoms with van der Waals surface area (Å²) in [6.45, 7) is 0.295. The lowest BCUT2D eigenvalue weighted by Crippen LogP contribution is -2.25. The number of amides is 2. The summed E-state index contributed by atoms with van der Waals surface area (Å²) in [5.74, 6) is -1.02. The van der Waals surface area contributed by atoms with Crippen LogP contribution in [0.1, 0.15) is 28.0 Å². The van der Waals surface area contributed by atoms with E-state index in [1.165, 1.54) is 19.6 Å². The van der Waals surface area contributed by atoms with Crippen molar-refractivity contribution in [2.45, 2.75) is 19.4 Å². The Morgan fingerprint density at radius 1 is 1.25 bits per heavy atom. The number of aromatic nitrogens is 3. The van der Waals surface area contributed by atoms with Crippen LogP contribution in [-0.4, -0.2) is 52.2 Å². The van der Waals surface area contributed by atoms with Crippen LogP contribution < -0.4 is 15.4 Å². The number of Topliss-reactive ketones (excluding diaryl/α,β-unsaturated/α-hetero) is 1. The number of carbonyl (C=O) groups is 4. The number of H-pyrrole nitrogens is 1. The number of anilines is 1. The third kappa shape index (κ3) is 4.41. The van der Waals surface area contributed by atoms with Gasteiger partial charge in [-0.1, -0.05) is 6.07 Å². The van der Waals surface area contributed by atoms with Gasteiger partial charge in [0.2, 0.25) is 5.91 Å². The minimum atomic E-state index is -0.671. The Labute approximate surface area is 181 Å². The Bertz CT molecular complexity index is 1230. The third-order valence-electron chi connectivity index (χ3n) is 4.84. The van der Waals surface area contributed by atoms with E-state index in [-0.39, 0.29) is 24.6 Å². The van der Waals surface area contributed by atoms with Crippen molar-refractivity contribution in [2.75, 3.05) is 19.0 Å². The fraction of sp³-hybridized carbons (Fsp3) is 0.238. The zero-order valence-electron chi connectivity index (χ0n) is 17.1. The minimum absolute atomic E-state index is 0.00305. The summed E-state index contributed by atoms with van der Waals surface area (Å²) in [7, 11) is 1.19. The second kappa shape index (κ2) is 8.84. The number of methoxy groups -OCH3 is 1. The number of ether oxygens (including phenoxy) is 2. The zero-order chi connectivity index (χ0) is 22.7. The number of rotatable bonds is 6. The number of nitrogens with one attached hydrogen (secondary N) is 3. The summed E-state index contributed by atoms with van der Waals surface area (Å²) in [5.41, 5.74) is 2.66. The molecule has 4 rings (SSSR count). The molecule has 0 spiro atoms. The number of aromatic amines is 1. The highest BCUT2D eigenvalue weighted by Gasteiger charge is 2.19. The average molecular weight is 437 g/mol. The van der Waals surface area contributed by atoms with Crippen LogP contribution in [0.4, 0.5) is 5.69 Å². The van der Waals surface area contributed by atoms with Crippen LogP contribution in [0.25, 0.3) is 11.0 Å². The molecule has 1 aliphatic rings. The number of esters is 1. The topological polar surface area (TPSA) is 152 Å². The van der Waals surface area contributed by atoms with Crippen molar-refractivity contribution in [3.8, 4) is 5.75 Å². The Morgan fingerprint density at radius 2 is 2.09 bits per heavy atom. The number of benzene rings is 1. The molecule has 11 nitrogen and oxygen atoms in total. The van der Waals surface area contributed by atoms with Gasteiger partial charge in [-0.25, -0.2) is 9.97 Å². The van der Waals surface area contributed by atoms with E-state index in [1.807, 2.05) is 12.1 Å². The lowest BCUT2D eigenvalue weighted by Gasteiger charge is -2.17. The van der Waals surface area contributed by atoms with E-state index < -0.39 is 24.2 Å². The molecule has 0 bridgehead atoms. The van der Waals surface area contributed by atoms with E-state index >= 15 is 0 Å². The molecule has 0 unspecified atom stereocenters. The Balaban J connectivity index is 1.47. The Hall–Kier alpha value is -4.28. The second-order valence-electron chi connectivity index (χ2n) is 7.08. The van der Waals surface area contributed by atoms with Gasteiger partial charge in [-0.2, -0.15) is 0 Å². The summed E-state index contributed by atoms with van der Waals surface area (Å²) in [6, 6.07) is 5.42. The monoisotopic (exact) mass is 437 g/mol. The van der Waals surface area contributed by atoms with Crippen molar-refractivity contribution in [3.05, 3.63) is 47.5 Å². The van der Waals surface area contributed by atoms with Gasteiger partial charge in [-0.3, -0.25) is 19.2 Å². The maximum absolute atomic E-state index is 12.7. The maximum Gasteiger partial charge on any atom is 0.315 e. The third-order valence-corrected chi connectivity index (χ3v) is 4.84. The number of nitrogens with zero attached hydrogens (tertiary/aromatic N) is 2. The van der Waals surface area contributed by atoms with Crippen LogP contribution >= 0.6 is 0 Å². The largest absolute Gasteiger partial charge is 0.486 e. The molecule has 1 aromatic carbocycles. The average Bonchev–Trinajstić information content (AvgIpc) is 3.19. The standard InChI is InChI=1S/C21H19N5O6/c1-31-17(29)6-16(28)26-14-8-22-19-18(14)24-10-25-20(19)21(30)23-7-11-2-3-15-12(4-11)5-13(27)9-32-15/h2-4,8,10,22H,5-7,9H2,1H3,(H,23,30)(H,26,28). The van der Waals surface area contributed by atoms with Gasteiger partial charge in [0, 0.05) is 24.7 Å². The van der Waals surface area contributed by atoms with Gasteiger partial charge in [0.25, 0.3) is 5.91 Å². The molecule has 1 aliphatic heterocycles. The van der Waals surface area contributed by atoms with E-state index in [4.69, 9.17) is 4.74 Å². The molecule has 0 radical (unpaired) electrons. The molecule has 0 aliphatic carbocycles. The zero-order valence-corrected chi connectivity index (χ0v) is 17.1. The summed E-state index contributed by atoms with van der Waals surface area (Å²) in [4.78, 5) is 58.6. The molecule has 11 heteroatoms. The Kier molecular flexibility index (Phi) is 5.79. The fourth-order valence-corrected chi connectivity index (χ4v) is 3.31. The first kappa shape index (κ1) is 21.0.